The van der Waals surface area contributed by atoms with Crippen LogP contribution in [0.2, 0.25) is 0 Å². The molecule has 0 bridgehead atoms. The molecule has 6 heteroatoms. The van der Waals surface area contributed by atoms with E-state index in [1.165, 1.54) is 87.5 Å². The first kappa shape index (κ1) is 20.4. The van der Waals surface area contributed by atoms with Gasteiger partial charge < -0.3 is 9.64 Å². The molecule has 4 fully saturated rings. The third-order valence-electron chi connectivity index (χ3n) is 8.13. The molecule has 5 nitrogen and oxygen atoms in total. The number of hydrogen-bond acceptors (Lipinski definition) is 6. The molecule has 31 heavy (non-hydrogen) atoms. The Morgan fingerprint density at radius 2 is 1.52 bits per heavy atom. The summed E-state index contributed by atoms with van der Waals surface area (Å²) in [5.74, 6) is 1.03. The quantitative estimate of drug-likeness (QED) is 0.666. The predicted octanol–water partition coefficient (Wildman–Crippen LogP) is 4.36. The second-order valence-electron chi connectivity index (χ2n) is 10.1. The highest BCUT2D eigenvalue weighted by atomic mass is 32.1. The molecule has 1 aromatic carbocycles. The van der Waals surface area contributed by atoms with Gasteiger partial charge in [0.25, 0.3) is 0 Å². The zero-order valence-electron chi connectivity index (χ0n) is 18.7. The summed E-state index contributed by atoms with van der Waals surface area (Å²) in [5.41, 5.74) is 1.13. The Kier molecular flexibility index (Phi) is 5.90. The molecular weight excluding hydrogens is 404 g/mol. The van der Waals surface area contributed by atoms with E-state index in [1.807, 2.05) is 11.3 Å². The molecule has 2 saturated heterocycles. The van der Waals surface area contributed by atoms with Crippen LogP contribution in [0, 0.1) is 0 Å². The van der Waals surface area contributed by atoms with Crippen molar-refractivity contribution < 1.29 is 4.74 Å². The van der Waals surface area contributed by atoms with Crippen LogP contribution in [0.3, 0.4) is 0 Å². The summed E-state index contributed by atoms with van der Waals surface area (Å²) in [4.78, 5) is 12.9. The smallest absolute Gasteiger partial charge is 0.121 e. The van der Waals surface area contributed by atoms with Crippen molar-refractivity contribution >= 4 is 21.6 Å². The molecule has 6 rings (SSSR count). The molecule has 0 spiro atoms. The topological polar surface area (TPSA) is 31.8 Å². The van der Waals surface area contributed by atoms with E-state index >= 15 is 0 Å². The molecule has 0 unspecified atom stereocenters. The third-order valence-corrected chi connectivity index (χ3v) is 9.13. The Morgan fingerprint density at radius 3 is 2.16 bits per heavy atom. The van der Waals surface area contributed by atoms with Crippen LogP contribution in [0.15, 0.2) is 18.2 Å². The van der Waals surface area contributed by atoms with Crippen LogP contribution in [0.25, 0.3) is 10.2 Å². The molecule has 0 atom stereocenters. The van der Waals surface area contributed by atoms with Crippen LogP contribution in [0.5, 0.6) is 5.75 Å². The number of rotatable bonds is 6. The summed E-state index contributed by atoms with van der Waals surface area (Å²) in [6.07, 6.45) is 11.2. The van der Waals surface area contributed by atoms with Crippen molar-refractivity contribution in [1.82, 2.24) is 19.7 Å². The minimum atomic E-state index is 0.369. The molecule has 2 aliphatic heterocycles. The average Bonchev–Trinajstić information content (AvgIpc) is 3.10. The van der Waals surface area contributed by atoms with E-state index in [2.05, 4.69) is 32.9 Å². The molecule has 3 heterocycles. The third kappa shape index (κ3) is 4.50. The minimum Gasteiger partial charge on any atom is -0.490 e. The highest BCUT2D eigenvalue weighted by molar-refractivity contribution is 7.18. The fourth-order valence-corrected chi connectivity index (χ4v) is 6.66. The zero-order chi connectivity index (χ0) is 20.6. The van der Waals surface area contributed by atoms with E-state index in [4.69, 9.17) is 9.72 Å². The van der Waals surface area contributed by atoms with Gasteiger partial charge in [0.1, 0.15) is 16.9 Å². The van der Waals surface area contributed by atoms with E-state index in [9.17, 15) is 0 Å². The van der Waals surface area contributed by atoms with Gasteiger partial charge in [-0.15, -0.1) is 11.3 Å². The van der Waals surface area contributed by atoms with Crippen LogP contribution in [0.4, 0.5) is 0 Å². The van der Waals surface area contributed by atoms with Crippen molar-refractivity contribution in [3.05, 3.63) is 23.2 Å². The van der Waals surface area contributed by atoms with E-state index in [0.717, 1.165) is 42.7 Å². The van der Waals surface area contributed by atoms with Gasteiger partial charge in [-0.3, -0.25) is 9.80 Å². The first-order chi connectivity index (χ1) is 15.3. The Bertz CT molecular complexity index is 843. The van der Waals surface area contributed by atoms with Crippen molar-refractivity contribution in [1.29, 1.82) is 0 Å². The van der Waals surface area contributed by atoms with Gasteiger partial charge in [-0.05, 0) is 56.7 Å². The van der Waals surface area contributed by atoms with E-state index < -0.39 is 0 Å². The molecular formula is C25H36N4OS. The van der Waals surface area contributed by atoms with Crippen LogP contribution in [-0.4, -0.2) is 77.1 Å². The fraction of sp³-hybridized carbons (Fsp3) is 0.720. The highest BCUT2D eigenvalue weighted by Crippen LogP contribution is 2.31. The lowest BCUT2D eigenvalue weighted by Crippen LogP contribution is -2.51. The van der Waals surface area contributed by atoms with Gasteiger partial charge in [0, 0.05) is 51.4 Å². The van der Waals surface area contributed by atoms with Gasteiger partial charge in [0.05, 0.1) is 16.8 Å². The minimum absolute atomic E-state index is 0.369. The van der Waals surface area contributed by atoms with Gasteiger partial charge in [0.2, 0.25) is 0 Å². The Morgan fingerprint density at radius 1 is 0.839 bits per heavy atom. The molecule has 2 aromatic rings. The number of ether oxygens (including phenoxy) is 1. The van der Waals surface area contributed by atoms with Crippen LogP contribution in [-0.2, 0) is 6.54 Å². The highest BCUT2D eigenvalue weighted by Gasteiger charge is 2.30. The Labute approximate surface area is 190 Å². The lowest BCUT2D eigenvalue weighted by atomic mass is 9.90. The van der Waals surface area contributed by atoms with E-state index in [0.29, 0.717) is 6.10 Å². The summed E-state index contributed by atoms with van der Waals surface area (Å²) in [6.45, 7) is 8.22. The Balaban J connectivity index is 1.03. The number of piperazine rings is 1. The monoisotopic (exact) mass is 440 g/mol. The van der Waals surface area contributed by atoms with Gasteiger partial charge in [0.15, 0.2) is 0 Å². The molecule has 0 N–H and O–H groups in total. The SMILES string of the molecule is c1cc2nc(CN3CCN(C4CCC4)CC3)sc2cc1OC1CCN(C2CCC2)CC1. The first-order valence-corrected chi connectivity index (χ1v) is 13.4. The van der Waals surface area contributed by atoms with Crippen molar-refractivity contribution in [2.24, 2.45) is 0 Å². The van der Waals surface area contributed by atoms with E-state index in [-0.39, 0.29) is 0 Å². The second-order valence-corrected chi connectivity index (χ2v) is 11.2. The number of thiazole rings is 1. The number of piperidine rings is 1. The zero-order valence-corrected chi connectivity index (χ0v) is 19.5. The summed E-state index contributed by atoms with van der Waals surface area (Å²) < 4.78 is 7.66. The van der Waals surface area contributed by atoms with E-state index in [1.54, 1.807) is 0 Å². The Hall–Kier alpha value is -1.21. The molecule has 0 amide bonds. The van der Waals surface area contributed by atoms with Crippen LogP contribution in [0.1, 0.15) is 56.4 Å². The predicted molar refractivity (Wildman–Crippen MR) is 127 cm³/mol. The standard InChI is InChI=1S/C25H36N4OS/c1-3-19(4-1)28-11-9-21(10-12-28)30-22-7-8-23-24(17-22)31-25(26-23)18-27-13-15-29(16-14-27)20-5-2-6-20/h7-8,17,19-21H,1-6,9-16,18H2. The maximum absolute atomic E-state index is 6.39. The van der Waals surface area contributed by atoms with Gasteiger partial charge in [-0.1, -0.05) is 12.8 Å². The number of likely N-dealkylation sites (tertiary alicyclic amines) is 1. The molecule has 4 aliphatic rings. The van der Waals surface area contributed by atoms with Crippen molar-refractivity contribution in [2.45, 2.75) is 76.1 Å². The number of nitrogens with zero attached hydrogens (tertiary/aromatic N) is 4. The fourth-order valence-electron chi connectivity index (χ4n) is 5.63. The van der Waals surface area contributed by atoms with Crippen molar-refractivity contribution in [3.8, 4) is 5.75 Å². The van der Waals surface area contributed by atoms with Crippen LogP contribution >= 0.6 is 11.3 Å². The number of aromatic nitrogens is 1. The maximum Gasteiger partial charge on any atom is 0.121 e. The molecule has 0 radical (unpaired) electrons. The largest absolute Gasteiger partial charge is 0.490 e. The summed E-state index contributed by atoms with van der Waals surface area (Å²) >= 11 is 1.85. The lowest BCUT2D eigenvalue weighted by Gasteiger charge is -2.42. The maximum atomic E-state index is 6.39. The summed E-state index contributed by atoms with van der Waals surface area (Å²) in [6, 6.07) is 8.26. The lowest BCUT2D eigenvalue weighted by molar-refractivity contribution is 0.0494. The molecule has 2 aliphatic carbocycles. The number of benzene rings is 1. The number of hydrogen-bond donors (Lipinski definition) is 0. The molecule has 1 aromatic heterocycles. The summed E-state index contributed by atoms with van der Waals surface area (Å²) in [5, 5.41) is 1.25. The van der Waals surface area contributed by atoms with Gasteiger partial charge in [-0.2, -0.15) is 0 Å². The normalized spacial score (nSPS) is 25.5. The second kappa shape index (κ2) is 8.97. The molecule has 2 saturated carbocycles. The molecule has 168 valence electrons. The van der Waals surface area contributed by atoms with Gasteiger partial charge in [-0.25, -0.2) is 4.98 Å². The number of fused-ring (bicyclic) bond motifs is 1. The average molecular weight is 441 g/mol. The van der Waals surface area contributed by atoms with Gasteiger partial charge >= 0.3 is 0 Å². The van der Waals surface area contributed by atoms with Crippen molar-refractivity contribution in [2.75, 3.05) is 39.3 Å². The first-order valence-electron chi connectivity index (χ1n) is 12.6. The van der Waals surface area contributed by atoms with Crippen LogP contribution < -0.4 is 4.74 Å². The summed E-state index contributed by atoms with van der Waals surface area (Å²) in [7, 11) is 0. The van der Waals surface area contributed by atoms with Crippen molar-refractivity contribution in [3.63, 3.8) is 0 Å².